The van der Waals surface area contributed by atoms with Gasteiger partial charge in [0.1, 0.15) is 30.0 Å². The van der Waals surface area contributed by atoms with Crippen LogP contribution < -0.4 is 5.32 Å². The van der Waals surface area contributed by atoms with E-state index >= 15 is 0 Å². The molecule has 0 aliphatic heterocycles. The van der Waals surface area contributed by atoms with E-state index in [4.69, 9.17) is 14.9 Å². The summed E-state index contributed by atoms with van der Waals surface area (Å²) in [6, 6.07) is 7.80. The van der Waals surface area contributed by atoms with Crippen LogP contribution in [0.5, 0.6) is 0 Å². The van der Waals surface area contributed by atoms with Gasteiger partial charge in [0.25, 0.3) is 0 Å². The second kappa shape index (κ2) is 5.77. The summed E-state index contributed by atoms with van der Waals surface area (Å²) in [6.07, 6.45) is 5.36. The average molecular weight is 268 g/mol. The number of allylic oxidation sites excluding steroid dienone is 4. The highest BCUT2D eigenvalue weighted by Crippen LogP contribution is 2.36. The van der Waals surface area contributed by atoms with Gasteiger partial charge in [-0.05, 0) is 35.6 Å². The number of hydrogen-bond donors (Lipinski definition) is 1. The Morgan fingerprint density at radius 2 is 2.10 bits per heavy atom. The van der Waals surface area contributed by atoms with Crippen molar-refractivity contribution in [3.8, 4) is 12.1 Å². The first-order valence-electron chi connectivity index (χ1n) is 6.63. The van der Waals surface area contributed by atoms with Crippen molar-refractivity contribution in [2.24, 2.45) is 5.41 Å². The third-order valence-corrected chi connectivity index (χ3v) is 3.40. The van der Waals surface area contributed by atoms with Crippen molar-refractivity contribution in [3.63, 3.8) is 0 Å². The van der Waals surface area contributed by atoms with Crippen LogP contribution in [-0.2, 0) is 6.54 Å². The Hall–Kier alpha value is -2.30. The van der Waals surface area contributed by atoms with Crippen LogP contribution in [-0.4, -0.2) is 0 Å². The van der Waals surface area contributed by atoms with E-state index in [1.807, 2.05) is 30.3 Å². The monoisotopic (exact) mass is 268 g/mol. The fourth-order valence-corrected chi connectivity index (χ4v) is 2.58. The van der Waals surface area contributed by atoms with Crippen LogP contribution in [0, 0.1) is 28.1 Å². The summed E-state index contributed by atoms with van der Waals surface area (Å²) in [5.74, 6) is 0.917. The molecule has 0 fully saturated rings. The lowest BCUT2D eigenvalue weighted by molar-refractivity contribution is -0.628. The van der Waals surface area contributed by atoms with Gasteiger partial charge < -0.3 is 9.73 Å². The van der Waals surface area contributed by atoms with Crippen molar-refractivity contribution >= 4 is 0 Å². The van der Waals surface area contributed by atoms with Crippen molar-refractivity contribution in [3.05, 3.63) is 47.1 Å². The summed E-state index contributed by atoms with van der Waals surface area (Å²) in [7, 11) is 0. The first-order valence-corrected chi connectivity index (χ1v) is 6.63. The summed E-state index contributed by atoms with van der Waals surface area (Å²) in [6.45, 7) is 5.05. The molecule has 1 aliphatic carbocycles. The zero-order chi connectivity index (χ0) is 14.6. The van der Waals surface area contributed by atoms with Crippen molar-refractivity contribution < 1.29 is 9.73 Å². The molecule has 2 rings (SSSR count). The largest absolute Gasteiger partial charge is 0.463 e. The van der Waals surface area contributed by atoms with Gasteiger partial charge in [-0.2, -0.15) is 10.5 Å². The molecule has 0 bridgehead atoms. The molecule has 0 saturated heterocycles. The predicted octanol–water partition coefficient (Wildman–Crippen LogP) is 2.39. The molecule has 2 N–H and O–H groups in total. The molecule has 0 spiro atoms. The van der Waals surface area contributed by atoms with Crippen LogP contribution >= 0.6 is 0 Å². The molecule has 20 heavy (non-hydrogen) atoms. The molecule has 0 saturated carbocycles. The van der Waals surface area contributed by atoms with Gasteiger partial charge in [0.05, 0.1) is 6.26 Å². The lowest BCUT2D eigenvalue weighted by Gasteiger charge is -2.29. The van der Waals surface area contributed by atoms with Crippen LogP contribution in [0.25, 0.3) is 0 Å². The number of furan rings is 1. The number of nitriles is 2. The summed E-state index contributed by atoms with van der Waals surface area (Å²) in [4.78, 5) is 0. The second-order valence-electron chi connectivity index (χ2n) is 5.85. The lowest BCUT2D eigenvalue weighted by atomic mass is 9.76. The summed E-state index contributed by atoms with van der Waals surface area (Å²) < 4.78 is 5.32. The number of nitrogens with zero attached hydrogens (tertiary/aromatic N) is 2. The quantitative estimate of drug-likeness (QED) is 0.855. The van der Waals surface area contributed by atoms with Crippen LogP contribution in [0.1, 0.15) is 32.4 Å². The minimum atomic E-state index is 0.0675. The first-order chi connectivity index (χ1) is 9.54. The lowest BCUT2D eigenvalue weighted by Crippen LogP contribution is -2.81. The summed E-state index contributed by atoms with van der Waals surface area (Å²) in [5.41, 5.74) is 2.30. The van der Waals surface area contributed by atoms with Gasteiger partial charge in [-0.25, -0.2) is 0 Å². The van der Waals surface area contributed by atoms with E-state index in [0.29, 0.717) is 0 Å². The van der Waals surface area contributed by atoms with E-state index in [9.17, 15) is 0 Å². The van der Waals surface area contributed by atoms with Crippen LogP contribution in [0.3, 0.4) is 0 Å². The Kier molecular flexibility index (Phi) is 4.08. The molecule has 0 unspecified atom stereocenters. The van der Waals surface area contributed by atoms with E-state index in [1.54, 1.807) is 6.26 Å². The number of hydrogen-bond acceptors (Lipinski definition) is 3. The average Bonchev–Trinajstić information content (AvgIpc) is 2.89. The Morgan fingerprint density at radius 1 is 1.35 bits per heavy atom. The smallest absolute Gasteiger partial charge is 0.158 e. The maximum absolute atomic E-state index is 9.03. The maximum atomic E-state index is 9.03. The predicted molar refractivity (Wildman–Crippen MR) is 73.7 cm³/mol. The summed E-state index contributed by atoms with van der Waals surface area (Å²) in [5, 5.41) is 20.2. The third kappa shape index (κ3) is 3.38. The number of quaternary nitrogens is 1. The zero-order valence-electron chi connectivity index (χ0n) is 11.8. The van der Waals surface area contributed by atoms with E-state index in [1.165, 1.54) is 0 Å². The molecule has 4 nitrogen and oxygen atoms in total. The van der Waals surface area contributed by atoms with Crippen molar-refractivity contribution in [1.82, 2.24) is 0 Å². The van der Waals surface area contributed by atoms with Crippen LogP contribution in [0.4, 0.5) is 0 Å². The van der Waals surface area contributed by atoms with E-state index < -0.39 is 0 Å². The van der Waals surface area contributed by atoms with Gasteiger partial charge in [-0.3, -0.25) is 0 Å². The highest BCUT2D eigenvalue weighted by molar-refractivity contribution is 5.46. The number of rotatable bonds is 3. The molecule has 1 aliphatic rings. The Bertz CT molecular complexity index is 606. The minimum absolute atomic E-state index is 0.0675. The van der Waals surface area contributed by atoms with E-state index in [-0.39, 0.29) is 11.0 Å². The number of nitrogens with two attached hydrogens (primary N) is 1. The van der Waals surface area contributed by atoms with Gasteiger partial charge in [0.15, 0.2) is 5.76 Å². The maximum Gasteiger partial charge on any atom is 0.158 e. The highest BCUT2D eigenvalue weighted by Gasteiger charge is 2.29. The van der Waals surface area contributed by atoms with Crippen molar-refractivity contribution in [1.29, 1.82) is 10.5 Å². The SMILES string of the molecule is CC1(C)CC([NH2+]Cc2ccco2)=CC(=C(C#N)C#N)C1. The molecule has 1 aromatic rings. The second-order valence-corrected chi connectivity index (χ2v) is 5.85. The van der Waals surface area contributed by atoms with Crippen molar-refractivity contribution in [2.45, 2.75) is 33.2 Å². The molecule has 1 heterocycles. The molecule has 102 valence electrons. The van der Waals surface area contributed by atoms with Crippen LogP contribution in [0.2, 0.25) is 0 Å². The fraction of sp³-hybridized carbons (Fsp3) is 0.375. The van der Waals surface area contributed by atoms with Gasteiger partial charge >= 0.3 is 0 Å². The van der Waals surface area contributed by atoms with Crippen LogP contribution in [0.15, 0.2) is 45.7 Å². The molecule has 1 aromatic heterocycles. The third-order valence-electron chi connectivity index (χ3n) is 3.40. The standard InChI is InChI=1S/C16H17N3O/c1-16(2)7-12(13(9-17)10-18)6-14(8-16)19-11-15-4-3-5-20-15/h3-6,19H,7-8,11H2,1-2H3/p+1. The van der Waals surface area contributed by atoms with E-state index in [0.717, 1.165) is 36.4 Å². The first kappa shape index (κ1) is 14.1. The fourth-order valence-electron chi connectivity index (χ4n) is 2.58. The molecular formula is C16H18N3O+. The molecule has 0 amide bonds. The Morgan fingerprint density at radius 3 is 2.70 bits per heavy atom. The Balaban J connectivity index is 2.21. The van der Waals surface area contributed by atoms with Gasteiger partial charge in [-0.1, -0.05) is 13.8 Å². The van der Waals surface area contributed by atoms with E-state index in [2.05, 4.69) is 19.2 Å². The molecule has 4 heteroatoms. The van der Waals surface area contributed by atoms with Gasteiger partial charge in [0.2, 0.25) is 0 Å². The molecule has 0 atom stereocenters. The molecular weight excluding hydrogens is 250 g/mol. The Labute approximate surface area is 119 Å². The zero-order valence-corrected chi connectivity index (χ0v) is 11.8. The molecule has 0 radical (unpaired) electrons. The highest BCUT2D eigenvalue weighted by atomic mass is 16.3. The topological polar surface area (TPSA) is 77.3 Å². The van der Waals surface area contributed by atoms with Crippen molar-refractivity contribution in [2.75, 3.05) is 0 Å². The summed E-state index contributed by atoms with van der Waals surface area (Å²) >= 11 is 0. The molecule has 0 aromatic carbocycles. The normalized spacial score (nSPS) is 17.0. The van der Waals surface area contributed by atoms with Gasteiger partial charge in [0, 0.05) is 6.42 Å². The van der Waals surface area contributed by atoms with Gasteiger partial charge in [-0.15, -0.1) is 0 Å². The minimum Gasteiger partial charge on any atom is -0.463 e.